The topological polar surface area (TPSA) is 83.6 Å². The van der Waals surface area contributed by atoms with Crippen LogP contribution in [0.1, 0.15) is 31.1 Å². The molecule has 0 aromatic heterocycles. The van der Waals surface area contributed by atoms with E-state index < -0.39 is 5.97 Å². The van der Waals surface area contributed by atoms with Gasteiger partial charge in [-0.2, -0.15) is 0 Å². The van der Waals surface area contributed by atoms with E-state index >= 15 is 0 Å². The lowest BCUT2D eigenvalue weighted by Crippen LogP contribution is -2.35. The zero-order valence-corrected chi connectivity index (χ0v) is 10.1. The second-order valence-electron chi connectivity index (χ2n) is 4.03. The Morgan fingerprint density at radius 2 is 1.94 bits per heavy atom. The first kappa shape index (κ1) is 13.0. The lowest BCUT2D eigenvalue weighted by atomic mass is 10.1. The van der Waals surface area contributed by atoms with E-state index in [2.05, 4.69) is 0 Å². The van der Waals surface area contributed by atoms with E-state index in [4.69, 9.17) is 10.8 Å². The summed E-state index contributed by atoms with van der Waals surface area (Å²) in [5.41, 5.74) is 6.35. The molecule has 0 aliphatic carbocycles. The summed E-state index contributed by atoms with van der Waals surface area (Å²) in [6.45, 7) is 5.11. The molecule has 0 fully saturated rings. The van der Waals surface area contributed by atoms with Crippen LogP contribution in [0.5, 0.6) is 0 Å². The summed E-state index contributed by atoms with van der Waals surface area (Å²) < 4.78 is 0. The molecule has 1 aromatic carbocycles. The molecule has 1 aromatic rings. The third-order valence-electron chi connectivity index (χ3n) is 2.43. The number of carboxylic acid groups (broad SMARTS) is 1. The van der Waals surface area contributed by atoms with Crippen LogP contribution in [0.4, 0.5) is 11.4 Å². The molecular weight excluding hydrogens is 220 g/mol. The number of rotatable bonds is 3. The second kappa shape index (κ2) is 4.86. The summed E-state index contributed by atoms with van der Waals surface area (Å²) in [7, 11) is 0. The van der Waals surface area contributed by atoms with Gasteiger partial charge >= 0.3 is 5.97 Å². The number of hydrogen-bond donors (Lipinski definition) is 2. The van der Waals surface area contributed by atoms with Crippen molar-refractivity contribution in [3.8, 4) is 0 Å². The third-order valence-corrected chi connectivity index (χ3v) is 2.43. The van der Waals surface area contributed by atoms with Gasteiger partial charge in [0.15, 0.2) is 0 Å². The normalized spacial score (nSPS) is 10.4. The highest BCUT2D eigenvalue weighted by Crippen LogP contribution is 2.28. The van der Waals surface area contributed by atoms with Crippen molar-refractivity contribution in [1.29, 1.82) is 0 Å². The van der Waals surface area contributed by atoms with Crippen molar-refractivity contribution >= 4 is 23.3 Å². The number of aromatic carboxylic acids is 1. The van der Waals surface area contributed by atoms with Crippen molar-refractivity contribution in [2.75, 3.05) is 10.6 Å². The molecule has 5 heteroatoms. The van der Waals surface area contributed by atoms with Crippen LogP contribution in [0.15, 0.2) is 18.2 Å². The van der Waals surface area contributed by atoms with Gasteiger partial charge in [0.2, 0.25) is 5.91 Å². The SMILES string of the molecule is CC(=O)N(c1cccc(C(=O)O)c1N)C(C)C. The van der Waals surface area contributed by atoms with Gasteiger partial charge in [0.1, 0.15) is 0 Å². The number of amides is 1. The Kier molecular flexibility index (Phi) is 3.73. The van der Waals surface area contributed by atoms with Crippen LogP contribution in [0.3, 0.4) is 0 Å². The molecule has 0 spiro atoms. The van der Waals surface area contributed by atoms with Crippen molar-refractivity contribution in [2.45, 2.75) is 26.8 Å². The average molecular weight is 236 g/mol. The van der Waals surface area contributed by atoms with Crippen LogP contribution in [0, 0.1) is 0 Å². The van der Waals surface area contributed by atoms with Gasteiger partial charge in [0.05, 0.1) is 16.9 Å². The van der Waals surface area contributed by atoms with E-state index in [9.17, 15) is 9.59 Å². The highest BCUT2D eigenvalue weighted by atomic mass is 16.4. The number of hydrogen-bond acceptors (Lipinski definition) is 3. The van der Waals surface area contributed by atoms with Crippen LogP contribution in [-0.4, -0.2) is 23.0 Å². The Balaban J connectivity index is 3.35. The molecule has 1 rings (SSSR count). The fourth-order valence-corrected chi connectivity index (χ4v) is 1.76. The van der Waals surface area contributed by atoms with Gasteiger partial charge in [-0.1, -0.05) is 6.07 Å². The van der Waals surface area contributed by atoms with Gasteiger partial charge in [-0.15, -0.1) is 0 Å². The van der Waals surface area contributed by atoms with Crippen LogP contribution >= 0.6 is 0 Å². The first-order chi connectivity index (χ1) is 7.86. The Hall–Kier alpha value is -2.04. The number of anilines is 2. The molecule has 0 unspecified atom stereocenters. The van der Waals surface area contributed by atoms with Gasteiger partial charge in [-0.25, -0.2) is 4.79 Å². The Labute approximate surface area is 99.8 Å². The lowest BCUT2D eigenvalue weighted by Gasteiger charge is -2.27. The second-order valence-corrected chi connectivity index (χ2v) is 4.03. The fraction of sp³-hybridized carbons (Fsp3) is 0.333. The molecule has 3 N–H and O–H groups in total. The summed E-state index contributed by atoms with van der Waals surface area (Å²) in [5.74, 6) is -1.27. The van der Waals surface area contributed by atoms with E-state index in [-0.39, 0.29) is 23.2 Å². The molecule has 0 saturated heterocycles. The maximum Gasteiger partial charge on any atom is 0.337 e. The number of carboxylic acids is 1. The standard InChI is InChI=1S/C12H16N2O3/c1-7(2)14(8(3)15)10-6-4-5-9(11(10)13)12(16)17/h4-7H,13H2,1-3H3,(H,16,17). The van der Waals surface area contributed by atoms with Crippen LogP contribution in [-0.2, 0) is 4.79 Å². The number of nitrogens with two attached hydrogens (primary N) is 1. The van der Waals surface area contributed by atoms with E-state index in [0.29, 0.717) is 5.69 Å². The summed E-state index contributed by atoms with van der Waals surface area (Å²) >= 11 is 0. The van der Waals surface area contributed by atoms with Crippen LogP contribution in [0.2, 0.25) is 0 Å². The maximum absolute atomic E-state index is 11.5. The summed E-state index contributed by atoms with van der Waals surface area (Å²) in [6.07, 6.45) is 0. The van der Waals surface area contributed by atoms with Gasteiger partial charge in [-0.3, -0.25) is 4.79 Å². The smallest absolute Gasteiger partial charge is 0.337 e. The maximum atomic E-state index is 11.5. The van der Waals surface area contributed by atoms with E-state index in [1.807, 2.05) is 13.8 Å². The van der Waals surface area contributed by atoms with Gasteiger partial charge in [-0.05, 0) is 26.0 Å². The van der Waals surface area contributed by atoms with Crippen LogP contribution in [0.25, 0.3) is 0 Å². The monoisotopic (exact) mass is 236 g/mol. The fourth-order valence-electron chi connectivity index (χ4n) is 1.76. The molecule has 0 bridgehead atoms. The highest BCUT2D eigenvalue weighted by Gasteiger charge is 2.20. The summed E-state index contributed by atoms with van der Waals surface area (Å²) in [4.78, 5) is 24.0. The number of carbonyl (C=O) groups is 2. The van der Waals surface area contributed by atoms with Crippen molar-refractivity contribution in [1.82, 2.24) is 0 Å². The summed E-state index contributed by atoms with van der Waals surface area (Å²) in [5, 5.41) is 8.97. The van der Waals surface area contributed by atoms with Crippen molar-refractivity contribution in [3.63, 3.8) is 0 Å². The number of carbonyl (C=O) groups excluding carboxylic acids is 1. The van der Waals surface area contributed by atoms with Crippen LogP contribution < -0.4 is 10.6 Å². The quantitative estimate of drug-likeness (QED) is 0.783. The van der Waals surface area contributed by atoms with E-state index in [1.165, 1.54) is 17.9 Å². The summed E-state index contributed by atoms with van der Waals surface area (Å²) in [6, 6.07) is 4.55. The average Bonchev–Trinajstić information content (AvgIpc) is 2.19. The minimum Gasteiger partial charge on any atom is -0.478 e. The largest absolute Gasteiger partial charge is 0.478 e. The number of nitrogens with zero attached hydrogens (tertiary/aromatic N) is 1. The molecule has 0 atom stereocenters. The molecule has 0 heterocycles. The van der Waals surface area contributed by atoms with E-state index in [0.717, 1.165) is 0 Å². The number of nitrogen functional groups attached to an aromatic ring is 1. The first-order valence-electron chi connectivity index (χ1n) is 5.27. The minimum absolute atomic E-state index is 0.00870. The zero-order chi connectivity index (χ0) is 13.2. The highest BCUT2D eigenvalue weighted by molar-refractivity contribution is 6.02. The van der Waals surface area contributed by atoms with Crippen molar-refractivity contribution in [2.24, 2.45) is 0 Å². The Morgan fingerprint density at radius 3 is 2.35 bits per heavy atom. The molecule has 0 saturated carbocycles. The zero-order valence-electron chi connectivity index (χ0n) is 10.1. The molecule has 1 amide bonds. The van der Waals surface area contributed by atoms with Crippen molar-refractivity contribution in [3.05, 3.63) is 23.8 Å². The molecular formula is C12H16N2O3. The molecule has 92 valence electrons. The van der Waals surface area contributed by atoms with E-state index in [1.54, 1.807) is 12.1 Å². The molecule has 5 nitrogen and oxygen atoms in total. The third kappa shape index (κ3) is 2.55. The molecule has 0 radical (unpaired) electrons. The molecule has 17 heavy (non-hydrogen) atoms. The lowest BCUT2D eigenvalue weighted by molar-refractivity contribution is -0.116. The first-order valence-corrected chi connectivity index (χ1v) is 5.27. The van der Waals surface area contributed by atoms with Gasteiger partial charge in [0, 0.05) is 13.0 Å². The van der Waals surface area contributed by atoms with Gasteiger partial charge < -0.3 is 15.7 Å². The van der Waals surface area contributed by atoms with Crippen molar-refractivity contribution < 1.29 is 14.7 Å². The Morgan fingerprint density at radius 1 is 1.35 bits per heavy atom. The number of para-hydroxylation sites is 1. The predicted octanol–water partition coefficient (Wildman–Crippen LogP) is 1.73. The molecule has 0 aliphatic heterocycles. The predicted molar refractivity (Wildman–Crippen MR) is 66.1 cm³/mol. The van der Waals surface area contributed by atoms with Gasteiger partial charge in [0.25, 0.3) is 0 Å². The Bertz CT molecular complexity index is 455. The minimum atomic E-state index is -1.10. The molecule has 0 aliphatic rings. The number of benzene rings is 1.